The normalized spacial score (nSPS) is 11.4. The SMILES string of the molecule is CCCCn1c(C)c(C)c2c(C)ccc(C)c21. The van der Waals surface area contributed by atoms with E-state index in [1.807, 2.05) is 0 Å². The smallest absolute Gasteiger partial charge is 0.0517 e. The van der Waals surface area contributed by atoms with Crippen molar-refractivity contribution in [3.05, 3.63) is 34.5 Å². The van der Waals surface area contributed by atoms with Crippen LogP contribution in [0.2, 0.25) is 0 Å². The number of hydrogen-bond donors (Lipinski definition) is 0. The molecular formula is C16H23N. The molecule has 0 spiro atoms. The minimum Gasteiger partial charge on any atom is -0.344 e. The summed E-state index contributed by atoms with van der Waals surface area (Å²) < 4.78 is 2.51. The summed E-state index contributed by atoms with van der Waals surface area (Å²) in [4.78, 5) is 0. The van der Waals surface area contributed by atoms with Crippen LogP contribution in [0.3, 0.4) is 0 Å². The van der Waals surface area contributed by atoms with Crippen molar-refractivity contribution in [2.75, 3.05) is 0 Å². The van der Waals surface area contributed by atoms with E-state index in [0.717, 1.165) is 6.54 Å². The molecule has 0 amide bonds. The van der Waals surface area contributed by atoms with Crippen molar-refractivity contribution < 1.29 is 0 Å². The highest BCUT2D eigenvalue weighted by atomic mass is 15.0. The zero-order valence-corrected chi connectivity index (χ0v) is 11.7. The zero-order valence-electron chi connectivity index (χ0n) is 11.7. The van der Waals surface area contributed by atoms with Gasteiger partial charge in [-0.05, 0) is 50.8 Å². The van der Waals surface area contributed by atoms with Gasteiger partial charge in [0.1, 0.15) is 0 Å². The summed E-state index contributed by atoms with van der Waals surface area (Å²) in [7, 11) is 0. The molecule has 1 heteroatoms. The van der Waals surface area contributed by atoms with Crippen LogP contribution in [0.1, 0.15) is 42.1 Å². The monoisotopic (exact) mass is 229 g/mol. The van der Waals surface area contributed by atoms with Crippen molar-refractivity contribution in [2.45, 2.75) is 54.0 Å². The lowest BCUT2D eigenvalue weighted by molar-refractivity contribution is 0.635. The summed E-state index contributed by atoms with van der Waals surface area (Å²) in [5.74, 6) is 0. The first kappa shape index (κ1) is 12.2. The van der Waals surface area contributed by atoms with Crippen LogP contribution in [0.25, 0.3) is 10.9 Å². The van der Waals surface area contributed by atoms with Gasteiger partial charge in [-0.1, -0.05) is 25.5 Å². The highest BCUT2D eigenvalue weighted by Crippen LogP contribution is 2.30. The topological polar surface area (TPSA) is 4.93 Å². The van der Waals surface area contributed by atoms with Crippen LogP contribution in [0.5, 0.6) is 0 Å². The Morgan fingerprint density at radius 2 is 1.65 bits per heavy atom. The predicted molar refractivity (Wildman–Crippen MR) is 75.8 cm³/mol. The van der Waals surface area contributed by atoms with E-state index in [9.17, 15) is 0 Å². The summed E-state index contributed by atoms with van der Waals surface area (Å²) in [6.45, 7) is 12.4. The summed E-state index contributed by atoms with van der Waals surface area (Å²) in [6, 6.07) is 4.49. The van der Waals surface area contributed by atoms with Crippen molar-refractivity contribution in [1.82, 2.24) is 4.57 Å². The molecular weight excluding hydrogens is 206 g/mol. The molecule has 2 rings (SSSR count). The molecule has 17 heavy (non-hydrogen) atoms. The molecule has 0 unspecified atom stereocenters. The molecule has 1 heterocycles. The van der Waals surface area contributed by atoms with Gasteiger partial charge in [0.2, 0.25) is 0 Å². The number of nitrogens with zero attached hydrogens (tertiary/aromatic N) is 1. The Labute approximate surface area is 104 Å². The number of rotatable bonds is 3. The Morgan fingerprint density at radius 3 is 2.29 bits per heavy atom. The maximum atomic E-state index is 2.51. The fourth-order valence-electron chi connectivity index (χ4n) is 2.76. The van der Waals surface area contributed by atoms with Crippen molar-refractivity contribution >= 4 is 10.9 Å². The van der Waals surface area contributed by atoms with Gasteiger partial charge in [0.15, 0.2) is 0 Å². The van der Waals surface area contributed by atoms with Crippen LogP contribution in [-0.2, 0) is 6.54 Å². The molecule has 0 bridgehead atoms. The molecule has 0 radical (unpaired) electrons. The molecule has 0 saturated heterocycles. The summed E-state index contributed by atoms with van der Waals surface area (Å²) in [5.41, 5.74) is 7.15. The van der Waals surface area contributed by atoms with Crippen LogP contribution in [0.4, 0.5) is 0 Å². The largest absolute Gasteiger partial charge is 0.344 e. The molecule has 2 aromatic rings. The Balaban J connectivity index is 2.74. The average Bonchev–Trinajstić information content (AvgIpc) is 2.56. The van der Waals surface area contributed by atoms with E-state index in [1.165, 1.54) is 46.1 Å². The van der Waals surface area contributed by atoms with Gasteiger partial charge in [0.25, 0.3) is 0 Å². The number of aromatic nitrogens is 1. The van der Waals surface area contributed by atoms with E-state index in [-0.39, 0.29) is 0 Å². The number of aryl methyl sites for hydroxylation is 4. The Morgan fingerprint density at radius 1 is 1.00 bits per heavy atom. The van der Waals surface area contributed by atoms with E-state index >= 15 is 0 Å². The van der Waals surface area contributed by atoms with E-state index in [2.05, 4.69) is 51.3 Å². The second-order valence-electron chi connectivity index (χ2n) is 5.14. The lowest BCUT2D eigenvalue weighted by Gasteiger charge is -2.09. The first-order chi connectivity index (χ1) is 8.07. The van der Waals surface area contributed by atoms with E-state index in [0.29, 0.717) is 0 Å². The van der Waals surface area contributed by atoms with Crippen LogP contribution in [0, 0.1) is 27.7 Å². The third-order valence-electron chi connectivity index (χ3n) is 3.92. The fourth-order valence-corrected chi connectivity index (χ4v) is 2.76. The molecule has 92 valence electrons. The Kier molecular flexibility index (Phi) is 3.28. The molecule has 0 aliphatic rings. The van der Waals surface area contributed by atoms with Gasteiger partial charge in [-0.2, -0.15) is 0 Å². The van der Waals surface area contributed by atoms with Crippen LogP contribution in [0.15, 0.2) is 12.1 Å². The minimum atomic E-state index is 1.15. The molecule has 0 N–H and O–H groups in total. The van der Waals surface area contributed by atoms with E-state index in [4.69, 9.17) is 0 Å². The fraction of sp³-hybridized carbons (Fsp3) is 0.500. The van der Waals surface area contributed by atoms with Crippen molar-refractivity contribution in [3.63, 3.8) is 0 Å². The van der Waals surface area contributed by atoms with E-state index < -0.39 is 0 Å². The third-order valence-corrected chi connectivity index (χ3v) is 3.92. The van der Waals surface area contributed by atoms with E-state index in [1.54, 1.807) is 0 Å². The van der Waals surface area contributed by atoms with Gasteiger partial charge >= 0.3 is 0 Å². The first-order valence-corrected chi connectivity index (χ1v) is 6.63. The van der Waals surface area contributed by atoms with Crippen LogP contribution >= 0.6 is 0 Å². The van der Waals surface area contributed by atoms with Crippen molar-refractivity contribution in [3.8, 4) is 0 Å². The van der Waals surface area contributed by atoms with Gasteiger partial charge in [0.05, 0.1) is 5.52 Å². The number of fused-ring (bicyclic) bond motifs is 1. The van der Waals surface area contributed by atoms with Gasteiger partial charge in [0, 0.05) is 17.6 Å². The van der Waals surface area contributed by atoms with Crippen LogP contribution in [-0.4, -0.2) is 4.57 Å². The number of benzene rings is 1. The maximum Gasteiger partial charge on any atom is 0.0517 e. The lowest BCUT2D eigenvalue weighted by Crippen LogP contribution is -2.01. The summed E-state index contributed by atoms with van der Waals surface area (Å²) in [5, 5.41) is 1.47. The van der Waals surface area contributed by atoms with Gasteiger partial charge in [-0.15, -0.1) is 0 Å². The number of unbranched alkanes of at least 4 members (excludes halogenated alkanes) is 1. The Hall–Kier alpha value is -1.24. The molecule has 0 atom stereocenters. The van der Waals surface area contributed by atoms with Crippen molar-refractivity contribution in [2.24, 2.45) is 0 Å². The quantitative estimate of drug-likeness (QED) is 0.720. The minimum absolute atomic E-state index is 1.15. The molecule has 0 aliphatic carbocycles. The second-order valence-corrected chi connectivity index (χ2v) is 5.14. The average molecular weight is 229 g/mol. The lowest BCUT2D eigenvalue weighted by atomic mass is 10.0. The van der Waals surface area contributed by atoms with Gasteiger partial charge in [-0.25, -0.2) is 0 Å². The highest BCUT2D eigenvalue weighted by molar-refractivity contribution is 5.90. The van der Waals surface area contributed by atoms with Crippen molar-refractivity contribution in [1.29, 1.82) is 0 Å². The van der Waals surface area contributed by atoms with Gasteiger partial charge in [-0.3, -0.25) is 0 Å². The predicted octanol–water partition coefficient (Wildman–Crippen LogP) is 4.68. The molecule has 0 saturated carbocycles. The standard InChI is InChI=1S/C16H23N/c1-6-7-10-17-14(5)13(4)15-11(2)8-9-12(3)16(15)17/h8-9H,6-7,10H2,1-5H3. The Bertz CT molecular complexity index is 546. The second kappa shape index (κ2) is 4.56. The highest BCUT2D eigenvalue weighted by Gasteiger charge is 2.13. The molecule has 1 nitrogen and oxygen atoms in total. The maximum absolute atomic E-state index is 2.51. The molecule has 0 fully saturated rings. The third kappa shape index (κ3) is 1.88. The zero-order chi connectivity index (χ0) is 12.6. The van der Waals surface area contributed by atoms with Gasteiger partial charge < -0.3 is 4.57 Å². The summed E-state index contributed by atoms with van der Waals surface area (Å²) in [6.07, 6.45) is 2.51. The molecule has 1 aromatic heterocycles. The number of hydrogen-bond acceptors (Lipinski definition) is 0. The first-order valence-electron chi connectivity index (χ1n) is 6.63. The molecule has 1 aromatic carbocycles. The molecule has 0 aliphatic heterocycles. The summed E-state index contributed by atoms with van der Waals surface area (Å²) >= 11 is 0. The van der Waals surface area contributed by atoms with Crippen LogP contribution < -0.4 is 0 Å².